The van der Waals surface area contributed by atoms with Gasteiger partial charge in [-0.2, -0.15) is 0 Å². The minimum atomic E-state index is -0.178. The van der Waals surface area contributed by atoms with E-state index < -0.39 is 0 Å². The Morgan fingerprint density at radius 3 is 2.42 bits per heavy atom. The van der Waals surface area contributed by atoms with Gasteiger partial charge in [-0.25, -0.2) is 0 Å². The Balaban J connectivity index is 2.08. The lowest BCUT2D eigenvalue weighted by atomic mass is 9.75. The minimum absolute atomic E-state index is 0.178. The lowest BCUT2D eigenvalue weighted by Crippen LogP contribution is -2.39. The molecule has 1 aliphatic heterocycles. The van der Waals surface area contributed by atoms with E-state index in [9.17, 15) is 0 Å². The van der Waals surface area contributed by atoms with Crippen LogP contribution in [-0.2, 0) is 5.54 Å². The number of fused-ring (bicyclic) bond motifs is 1. The lowest BCUT2D eigenvalue weighted by molar-refractivity contribution is 0.169. The molecule has 3 heteroatoms. The molecule has 104 valence electrons. The number of nitrogens with two attached hydrogens (primary N) is 1. The fourth-order valence-corrected chi connectivity index (χ4v) is 3.41. The molecule has 0 aromatic heterocycles. The van der Waals surface area contributed by atoms with E-state index in [1.807, 2.05) is 0 Å². The fourth-order valence-electron chi connectivity index (χ4n) is 3.41. The van der Waals surface area contributed by atoms with Crippen LogP contribution in [-0.4, -0.2) is 13.2 Å². The summed E-state index contributed by atoms with van der Waals surface area (Å²) in [5, 5.41) is 0. The van der Waals surface area contributed by atoms with Crippen LogP contribution >= 0.6 is 0 Å². The van der Waals surface area contributed by atoms with E-state index in [-0.39, 0.29) is 5.54 Å². The van der Waals surface area contributed by atoms with Gasteiger partial charge < -0.3 is 15.2 Å². The highest BCUT2D eigenvalue weighted by atomic mass is 16.6. The third kappa shape index (κ3) is 2.10. The van der Waals surface area contributed by atoms with Gasteiger partial charge in [0.2, 0.25) is 0 Å². The second kappa shape index (κ2) is 4.71. The van der Waals surface area contributed by atoms with Crippen molar-refractivity contribution in [2.24, 2.45) is 5.73 Å². The summed E-state index contributed by atoms with van der Waals surface area (Å²) in [4.78, 5) is 0. The number of ether oxygens (including phenoxy) is 2. The Hall–Kier alpha value is -1.22. The molecule has 1 aliphatic carbocycles. The minimum Gasteiger partial charge on any atom is -0.486 e. The van der Waals surface area contributed by atoms with Crippen molar-refractivity contribution in [1.29, 1.82) is 0 Å². The molecule has 0 spiro atoms. The zero-order valence-corrected chi connectivity index (χ0v) is 11.9. The molecule has 0 bridgehead atoms. The Kier molecular flexibility index (Phi) is 3.17. The first-order valence-corrected chi connectivity index (χ1v) is 7.31. The van der Waals surface area contributed by atoms with Crippen LogP contribution in [0.1, 0.15) is 48.8 Å². The van der Waals surface area contributed by atoms with Gasteiger partial charge in [0.15, 0.2) is 11.5 Å². The number of hydrogen-bond donors (Lipinski definition) is 1. The molecule has 19 heavy (non-hydrogen) atoms. The Morgan fingerprint density at radius 2 is 1.68 bits per heavy atom. The SMILES string of the molecule is Cc1c(C2(N)CCCCC2)cc2c(c1C)OCCO2. The zero-order chi connectivity index (χ0) is 13.5. The topological polar surface area (TPSA) is 44.5 Å². The molecule has 1 fully saturated rings. The molecule has 0 saturated heterocycles. The number of rotatable bonds is 1. The van der Waals surface area contributed by atoms with Crippen molar-refractivity contribution < 1.29 is 9.47 Å². The highest BCUT2D eigenvalue weighted by molar-refractivity contribution is 5.56. The normalized spacial score (nSPS) is 21.2. The molecule has 0 unspecified atom stereocenters. The molecule has 1 aromatic rings. The van der Waals surface area contributed by atoms with Crippen LogP contribution in [0.2, 0.25) is 0 Å². The first kappa shape index (κ1) is 12.8. The summed E-state index contributed by atoms with van der Waals surface area (Å²) in [6.07, 6.45) is 5.91. The quantitative estimate of drug-likeness (QED) is 0.844. The average Bonchev–Trinajstić information content (AvgIpc) is 2.43. The van der Waals surface area contributed by atoms with Crippen LogP contribution < -0.4 is 15.2 Å². The molecule has 2 N–H and O–H groups in total. The lowest BCUT2D eigenvalue weighted by Gasteiger charge is -2.36. The number of benzene rings is 1. The fraction of sp³-hybridized carbons (Fsp3) is 0.625. The van der Waals surface area contributed by atoms with Gasteiger partial charge in [-0.3, -0.25) is 0 Å². The van der Waals surface area contributed by atoms with Crippen molar-refractivity contribution in [2.45, 2.75) is 51.5 Å². The molecule has 0 atom stereocenters. The van der Waals surface area contributed by atoms with Gasteiger partial charge in [0, 0.05) is 5.54 Å². The van der Waals surface area contributed by atoms with Crippen LogP contribution in [0.3, 0.4) is 0 Å². The Morgan fingerprint density at radius 1 is 1.00 bits per heavy atom. The third-order valence-corrected chi connectivity index (χ3v) is 4.68. The summed E-state index contributed by atoms with van der Waals surface area (Å²) in [5.41, 5.74) is 10.2. The highest BCUT2D eigenvalue weighted by Crippen LogP contribution is 2.43. The maximum absolute atomic E-state index is 6.69. The standard InChI is InChI=1S/C16H23NO2/c1-11-12(2)15-14(18-8-9-19-15)10-13(11)16(17)6-4-3-5-7-16/h10H,3-9,17H2,1-2H3. The van der Waals surface area contributed by atoms with Crippen LogP contribution in [0.15, 0.2) is 6.07 Å². The van der Waals surface area contributed by atoms with Crippen LogP contribution in [0.4, 0.5) is 0 Å². The largest absolute Gasteiger partial charge is 0.486 e. The average molecular weight is 261 g/mol. The van der Waals surface area contributed by atoms with E-state index in [1.165, 1.54) is 36.0 Å². The van der Waals surface area contributed by atoms with E-state index in [0.717, 1.165) is 24.3 Å². The van der Waals surface area contributed by atoms with Gasteiger partial charge in [0.1, 0.15) is 13.2 Å². The summed E-state index contributed by atoms with van der Waals surface area (Å²) in [6.45, 7) is 5.54. The predicted octanol–water partition coefficient (Wildman–Crippen LogP) is 3.19. The second-order valence-electron chi connectivity index (χ2n) is 5.92. The molecule has 3 nitrogen and oxygen atoms in total. The summed E-state index contributed by atoms with van der Waals surface area (Å²) in [6, 6.07) is 2.13. The van der Waals surface area contributed by atoms with Crippen molar-refractivity contribution in [3.63, 3.8) is 0 Å². The van der Waals surface area contributed by atoms with E-state index in [4.69, 9.17) is 15.2 Å². The Bertz CT molecular complexity index is 490. The smallest absolute Gasteiger partial charge is 0.164 e. The van der Waals surface area contributed by atoms with E-state index in [1.54, 1.807) is 0 Å². The molecule has 1 saturated carbocycles. The number of hydrogen-bond acceptors (Lipinski definition) is 3. The first-order chi connectivity index (χ1) is 9.12. The summed E-state index contributed by atoms with van der Waals surface area (Å²) in [5.74, 6) is 1.78. The van der Waals surface area contributed by atoms with Crippen molar-refractivity contribution in [2.75, 3.05) is 13.2 Å². The van der Waals surface area contributed by atoms with Crippen molar-refractivity contribution >= 4 is 0 Å². The highest BCUT2D eigenvalue weighted by Gasteiger charge is 2.33. The molecule has 1 aromatic carbocycles. The Labute approximate surface area is 115 Å². The van der Waals surface area contributed by atoms with Gasteiger partial charge in [-0.15, -0.1) is 0 Å². The molecule has 2 aliphatic rings. The molecule has 3 rings (SSSR count). The summed E-state index contributed by atoms with van der Waals surface area (Å²) >= 11 is 0. The predicted molar refractivity (Wildman–Crippen MR) is 75.9 cm³/mol. The van der Waals surface area contributed by atoms with Gasteiger partial charge in [0.05, 0.1) is 0 Å². The van der Waals surface area contributed by atoms with Gasteiger partial charge in [-0.05, 0) is 49.4 Å². The molecular formula is C16H23NO2. The maximum atomic E-state index is 6.69. The summed E-state index contributed by atoms with van der Waals surface area (Å²) in [7, 11) is 0. The van der Waals surface area contributed by atoms with Crippen molar-refractivity contribution in [3.8, 4) is 11.5 Å². The molecular weight excluding hydrogens is 238 g/mol. The van der Waals surface area contributed by atoms with E-state index in [2.05, 4.69) is 19.9 Å². The first-order valence-electron chi connectivity index (χ1n) is 7.31. The second-order valence-corrected chi connectivity index (χ2v) is 5.92. The zero-order valence-electron chi connectivity index (χ0n) is 11.9. The summed E-state index contributed by atoms with van der Waals surface area (Å²) < 4.78 is 11.5. The van der Waals surface area contributed by atoms with Crippen molar-refractivity contribution in [1.82, 2.24) is 0 Å². The molecule has 0 radical (unpaired) electrons. The van der Waals surface area contributed by atoms with Crippen LogP contribution in [0.5, 0.6) is 11.5 Å². The monoisotopic (exact) mass is 261 g/mol. The van der Waals surface area contributed by atoms with Gasteiger partial charge in [0.25, 0.3) is 0 Å². The van der Waals surface area contributed by atoms with Gasteiger partial charge in [-0.1, -0.05) is 19.3 Å². The molecule has 1 heterocycles. The van der Waals surface area contributed by atoms with Gasteiger partial charge >= 0.3 is 0 Å². The van der Waals surface area contributed by atoms with E-state index in [0.29, 0.717) is 13.2 Å². The maximum Gasteiger partial charge on any atom is 0.164 e. The third-order valence-electron chi connectivity index (χ3n) is 4.68. The van der Waals surface area contributed by atoms with Crippen molar-refractivity contribution in [3.05, 3.63) is 22.8 Å². The van der Waals surface area contributed by atoms with E-state index >= 15 is 0 Å². The van der Waals surface area contributed by atoms with Crippen LogP contribution in [0.25, 0.3) is 0 Å². The van der Waals surface area contributed by atoms with Crippen LogP contribution in [0, 0.1) is 13.8 Å². The molecule has 0 amide bonds.